The van der Waals surface area contributed by atoms with Gasteiger partial charge in [-0.25, -0.2) is 4.39 Å². The summed E-state index contributed by atoms with van der Waals surface area (Å²) in [7, 11) is 0. The Morgan fingerprint density at radius 2 is 1.65 bits per heavy atom. The molecule has 0 amide bonds. The maximum Gasteiger partial charge on any atom is 0.179 e. The van der Waals surface area contributed by atoms with Gasteiger partial charge in [0.2, 0.25) is 0 Å². The molecular weight excluding hydrogens is 219 g/mol. The Morgan fingerprint density at radius 3 is 2.24 bits per heavy atom. The molecule has 0 N–H and O–H groups in total. The topological polar surface area (TPSA) is 26.3 Å². The molecule has 0 bridgehead atoms. The Morgan fingerprint density at radius 1 is 1.00 bits per heavy atom. The van der Waals surface area contributed by atoms with Crippen LogP contribution in [0.2, 0.25) is 0 Å². The van der Waals surface area contributed by atoms with E-state index in [1.807, 2.05) is 18.2 Å². The summed E-state index contributed by atoms with van der Waals surface area (Å²) in [5.74, 6) is 0.270. The first-order chi connectivity index (χ1) is 8.29. The standard InChI is InChI=1S/C14H11FO2/c15-12-8-6-11(7-9-12)14(10-16)17-13-4-2-1-3-5-13/h1-10,14H/t14-/m1/s1. The highest BCUT2D eigenvalue weighted by atomic mass is 19.1. The Bertz CT molecular complexity index is 479. The van der Waals surface area contributed by atoms with Gasteiger partial charge in [-0.2, -0.15) is 0 Å². The van der Waals surface area contributed by atoms with E-state index in [-0.39, 0.29) is 5.82 Å². The predicted octanol–water partition coefficient (Wildman–Crippen LogP) is 3.14. The number of carbonyl (C=O) groups is 1. The van der Waals surface area contributed by atoms with Crippen molar-refractivity contribution in [3.8, 4) is 5.75 Å². The molecule has 2 aromatic carbocycles. The molecular formula is C14H11FO2. The fraction of sp³-hybridized carbons (Fsp3) is 0.0714. The second kappa shape index (κ2) is 5.25. The van der Waals surface area contributed by atoms with E-state index in [1.54, 1.807) is 12.1 Å². The molecule has 0 spiro atoms. The van der Waals surface area contributed by atoms with Gasteiger partial charge in [0.25, 0.3) is 0 Å². The fourth-order valence-electron chi connectivity index (χ4n) is 1.47. The lowest BCUT2D eigenvalue weighted by Crippen LogP contribution is -2.08. The zero-order valence-electron chi connectivity index (χ0n) is 9.05. The number of hydrogen-bond acceptors (Lipinski definition) is 2. The minimum Gasteiger partial charge on any atom is -0.478 e. The average Bonchev–Trinajstić information content (AvgIpc) is 2.38. The van der Waals surface area contributed by atoms with Crippen molar-refractivity contribution >= 4 is 6.29 Å². The molecule has 2 nitrogen and oxygen atoms in total. The summed E-state index contributed by atoms with van der Waals surface area (Å²) in [6, 6.07) is 14.7. The maximum atomic E-state index is 12.8. The van der Waals surface area contributed by atoms with E-state index in [1.165, 1.54) is 24.3 Å². The molecule has 17 heavy (non-hydrogen) atoms. The minimum absolute atomic E-state index is 0.335. The molecule has 0 unspecified atom stereocenters. The van der Waals surface area contributed by atoms with Crippen LogP contribution in [-0.4, -0.2) is 6.29 Å². The van der Waals surface area contributed by atoms with Crippen LogP contribution in [0, 0.1) is 5.82 Å². The Kier molecular flexibility index (Phi) is 3.50. The summed E-state index contributed by atoms with van der Waals surface area (Å²) in [5.41, 5.74) is 0.630. The van der Waals surface area contributed by atoms with Crippen LogP contribution in [0.15, 0.2) is 54.6 Å². The lowest BCUT2D eigenvalue weighted by molar-refractivity contribution is -0.113. The SMILES string of the molecule is O=C[C@@H](Oc1ccccc1)c1ccc(F)cc1. The first-order valence-electron chi connectivity index (χ1n) is 5.22. The smallest absolute Gasteiger partial charge is 0.179 e. The molecule has 0 aliphatic rings. The van der Waals surface area contributed by atoms with Gasteiger partial charge in [-0.05, 0) is 29.8 Å². The number of aldehydes is 1. The van der Waals surface area contributed by atoms with E-state index >= 15 is 0 Å². The molecule has 0 aliphatic carbocycles. The van der Waals surface area contributed by atoms with E-state index in [0.717, 1.165) is 0 Å². The van der Waals surface area contributed by atoms with Crippen LogP contribution in [0.3, 0.4) is 0 Å². The van der Waals surface area contributed by atoms with Crippen molar-refractivity contribution < 1.29 is 13.9 Å². The van der Waals surface area contributed by atoms with Gasteiger partial charge in [-0.15, -0.1) is 0 Å². The molecule has 0 heterocycles. The van der Waals surface area contributed by atoms with Crippen molar-refractivity contribution in [1.29, 1.82) is 0 Å². The summed E-state index contributed by atoms with van der Waals surface area (Å²) < 4.78 is 18.3. The molecule has 2 aromatic rings. The highest BCUT2D eigenvalue weighted by Crippen LogP contribution is 2.20. The number of hydrogen-bond donors (Lipinski definition) is 0. The molecule has 2 rings (SSSR count). The number of benzene rings is 2. The van der Waals surface area contributed by atoms with Crippen molar-refractivity contribution in [2.75, 3.05) is 0 Å². The predicted molar refractivity (Wildman–Crippen MR) is 62.3 cm³/mol. The highest BCUT2D eigenvalue weighted by molar-refractivity contribution is 5.60. The lowest BCUT2D eigenvalue weighted by Gasteiger charge is -2.13. The maximum absolute atomic E-state index is 12.8. The van der Waals surface area contributed by atoms with Crippen LogP contribution < -0.4 is 4.74 Å². The van der Waals surface area contributed by atoms with E-state index in [2.05, 4.69) is 0 Å². The highest BCUT2D eigenvalue weighted by Gasteiger charge is 2.11. The summed E-state index contributed by atoms with van der Waals surface area (Å²) in [4.78, 5) is 11.0. The number of ether oxygens (including phenoxy) is 1. The van der Waals surface area contributed by atoms with Gasteiger partial charge < -0.3 is 4.74 Å². The Balaban J connectivity index is 2.17. The zero-order valence-corrected chi connectivity index (χ0v) is 9.05. The Hall–Kier alpha value is -2.16. The second-order valence-electron chi connectivity index (χ2n) is 3.54. The summed E-state index contributed by atoms with van der Waals surface area (Å²) in [6.45, 7) is 0. The first kappa shape index (κ1) is 11.3. The third kappa shape index (κ3) is 2.91. The van der Waals surface area contributed by atoms with Gasteiger partial charge in [0.05, 0.1) is 0 Å². The number of rotatable bonds is 4. The van der Waals surface area contributed by atoms with Crippen LogP contribution in [0.4, 0.5) is 4.39 Å². The van der Waals surface area contributed by atoms with Gasteiger partial charge in [-0.1, -0.05) is 30.3 Å². The van der Waals surface area contributed by atoms with Crippen LogP contribution in [-0.2, 0) is 4.79 Å². The van der Waals surface area contributed by atoms with E-state index in [0.29, 0.717) is 17.6 Å². The number of carbonyl (C=O) groups excluding carboxylic acids is 1. The van der Waals surface area contributed by atoms with Gasteiger partial charge in [0.15, 0.2) is 12.4 Å². The number of halogens is 1. The molecule has 0 saturated heterocycles. The van der Waals surface area contributed by atoms with Crippen molar-refractivity contribution in [3.05, 3.63) is 66.0 Å². The second-order valence-corrected chi connectivity index (χ2v) is 3.54. The van der Waals surface area contributed by atoms with E-state index in [4.69, 9.17) is 4.74 Å². The van der Waals surface area contributed by atoms with E-state index in [9.17, 15) is 9.18 Å². The molecule has 0 aliphatic heterocycles. The molecule has 86 valence electrons. The van der Waals surface area contributed by atoms with Crippen molar-refractivity contribution in [2.45, 2.75) is 6.10 Å². The minimum atomic E-state index is -0.710. The van der Waals surface area contributed by atoms with Crippen molar-refractivity contribution in [2.24, 2.45) is 0 Å². The van der Waals surface area contributed by atoms with Crippen LogP contribution >= 0.6 is 0 Å². The largest absolute Gasteiger partial charge is 0.478 e. The molecule has 0 fully saturated rings. The number of para-hydroxylation sites is 1. The quantitative estimate of drug-likeness (QED) is 0.754. The normalized spacial score (nSPS) is 11.8. The van der Waals surface area contributed by atoms with Crippen molar-refractivity contribution in [3.63, 3.8) is 0 Å². The Labute approximate surface area is 98.7 Å². The lowest BCUT2D eigenvalue weighted by atomic mass is 10.1. The third-order valence-electron chi connectivity index (χ3n) is 2.33. The monoisotopic (exact) mass is 230 g/mol. The van der Waals surface area contributed by atoms with E-state index < -0.39 is 6.10 Å². The molecule has 1 atom stereocenters. The summed E-state index contributed by atoms with van der Waals surface area (Å²) in [5, 5.41) is 0. The third-order valence-corrected chi connectivity index (χ3v) is 2.33. The van der Waals surface area contributed by atoms with Crippen LogP contribution in [0.25, 0.3) is 0 Å². The van der Waals surface area contributed by atoms with Crippen LogP contribution in [0.1, 0.15) is 11.7 Å². The zero-order chi connectivity index (χ0) is 12.1. The molecule has 0 radical (unpaired) electrons. The van der Waals surface area contributed by atoms with Crippen molar-refractivity contribution in [1.82, 2.24) is 0 Å². The first-order valence-corrected chi connectivity index (χ1v) is 5.22. The van der Waals surface area contributed by atoms with Gasteiger partial charge in [-0.3, -0.25) is 4.79 Å². The van der Waals surface area contributed by atoms with Gasteiger partial charge in [0.1, 0.15) is 11.6 Å². The molecule has 0 aromatic heterocycles. The fourth-order valence-corrected chi connectivity index (χ4v) is 1.47. The average molecular weight is 230 g/mol. The summed E-state index contributed by atoms with van der Waals surface area (Å²) in [6.07, 6.45) is -0.0155. The molecule has 3 heteroatoms. The van der Waals surface area contributed by atoms with Crippen LogP contribution in [0.5, 0.6) is 5.75 Å². The molecule has 0 saturated carbocycles. The van der Waals surface area contributed by atoms with Gasteiger partial charge >= 0.3 is 0 Å². The van der Waals surface area contributed by atoms with Gasteiger partial charge in [0, 0.05) is 0 Å². The summed E-state index contributed by atoms with van der Waals surface area (Å²) >= 11 is 0.